The van der Waals surface area contributed by atoms with Crippen LogP contribution in [0.1, 0.15) is 69.2 Å². The molecule has 2 heteroatoms. The molecule has 2 aliphatic rings. The molecule has 4 aromatic carbocycles. The van der Waals surface area contributed by atoms with Crippen LogP contribution in [0.5, 0.6) is 0 Å². The second kappa shape index (κ2) is 12.3. The number of benzene rings is 4. The Morgan fingerprint density at radius 1 is 0.659 bits per heavy atom. The maximum absolute atomic E-state index is 4.93. The zero-order chi connectivity index (χ0) is 28.9. The van der Waals surface area contributed by atoms with Gasteiger partial charge in [0.25, 0.3) is 0 Å². The van der Waals surface area contributed by atoms with Crippen LogP contribution in [0.2, 0.25) is 0 Å². The molecule has 41 heavy (non-hydrogen) atoms. The first-order chi connectivity index (χ1) is 20.0. The lowest BCUT2D eigenvalue weighted by molar-refractivity contribution is 0.375. The van der Waals surface area contributed by atoms with Crippen molar-refractivity contribution in [3.8, 4) is 0 Å². The third-order valence-corrected chi connectivity index (χ3v) is 9.23. The summed E-state index contributed by atoms with van der Waals surface area (Å²) in [6.45, 7) is 8.92. The molecule has 0 saturated carbocycles. The van der Waals surface area contributed by atoms with Crippen molar-refractivity contribution in [3.63, 3.8) is 0 Å². The number of likely N-dealkylation sites (tertiary alicyclic amines) is 1. The van der Waals surface area contributed by atoms with Crippen LogP contribution >= 0.6 is 0 Å². The Morgan fingerprint density at radius 2 is 1.05 bits per heavy atom. The molecular formula is C39H44N2. The second-order valence-corrected chi connectivity index (χ2v) is 11.6. The highest BCUT2D eigenvalue weighted by molar-refractivity contribution is 5.99. The first-order valence-corrected chi connectivity index (χ1v) is 15.2. The minimum absolute atomic E-state index is 0.0224. The van der Waals surface area contributed by atoms with Gasteiger partial charge in [0.1, 0.15) is 0 Å². The lowest BCUT2D eigenvalue weighted by Crippen LogP contribution is -2.34. The van der Waals surface area contributed by atoms with Gasteiger partial charge in [-0.1, -0.05) is 134 Å². The summed E-state index contributed by atoms with van der Waals surface area (Å²) >= 11 is 0. The first kappa shape index (κ1) is 28.6. The van der Waals surface area contributed by atoms with Crippen molar-refractivity contribution in [1.82, 2.24) is 4.90 Å². The molecule has 2 aliphatic heterocycles. The molecule has 0 aliphatic carbocycles. The Bertz CT molecular complexity index is 1380. The minimum atomic E-state index is -0.0311. The SMILES string of the molecule is C/C=C1\N(C)C(C)CC1(c1ccccc1)c1ccccc1.CCC1=NC(C)CC1(c1ccccc1)c1ccccc1. The summed E-state index contributed by atoms with van der Waals surface area (Å²) in [5.74, 6) is 0. The average Bonchev–Trinajstić information content (AvgIpc) is 3.52. The average molecular weight is 541 g/mol. The minimum Gasteiger partial charge on any atom is -0.374 e. The fourth-order valence-electron chi connectivity index (χ4n) is 7.37. The topological polar surface area (TPSA) is 15.6 Å². The molecule has 2 unspecified atom stereocenters. The van der Waals surface area contributed by atoms with E-state index in [1.807, 2.05) is 0 Å². The summed E-state index contributed by atoms with van der Waals surface area (Å²) < 4.78 is 0. The predicted molar refractivity (Wildman–Crippen MR) is 175 cm³/mol. The van der Waals surface area contributed by atoms with E-state index in [1.165, 1.54) is 33.7 Å². The van der Waals surface area contributed by atoms with Gasteiger partial charge in [0.05, 0.1) is 10.8 Å². The van der Waals surface area contributed by atoms with E-state index in [4.69, 9.17) is 4.99 Å². The Hall–Kier alpha value is -3.91. The lowest BCUT2D eigenvalue weighted by Gasteiger charge is -2.33. The summed E-state index contributed by atoms with van der Waals surface area (Å²) in [4.78, 5) is 7.36. The van der Waals surface area contributed by atoms with Crippen LogP contribution in [-0.4, -0.2) is 29.7 Å². The van der Waals surface area contributed by atoms with Gasteiger partial charge >= 0.3 is 0 Å². The molecule has 6 rings (SSSR count). The maximum Gasteiger partial charge on any atom is 0.0616 e. The van der Waals surface area contributed by atoms with E-state index in [1.54, 1.807) is 0 Å². The van der Waals surface area contributed by atoms with Crippen molar-refractivity contribution in [3.05, 3.63) is 155 Å². The van der Waals surface area contributed by atoms with Gasteiger partial charge in [-0.05, 0) is 62.3 Å². The van der Waals surface area contributed by atoms with E-state index in [2.05, 4.69) is 167 Å². The van der Waals surface area contributed by atoms with Gasteiger partial charge in [-0.2, -0.15) is 0 Å². The quantitative estimate of drug-likeness (QED) is 0.246. The van der Waals surface area contributed by atoms with Gasteiger partial charge < -0.3 is 4.90 Å². The molecule has 210 valence electrons. The van der Waals surface area contributed by atoms with Gasteiger partial charge in [-0.15, -0.1) is 0 Å². The number of likely N-dealkylation sites (N-methyl/N-ethyl adjacent to an activating group) is 1. The fraction of sp³-hybridized carbons (Fsp3) is 0.308. The Morgan fingerprint density at radius 3 is 1.41 bits per heavy atom. The van der Waals surface area contributed by atoms with Crippen molar-refractivity contribution in [2.24, 2.45) is 4.99 Å². The zero-order valence-electron chi connectivity index (χ0n) is 25.3. The van der Waals surface area contributed by atoms with E-state index in [-0.39, 0.29) is 10.8 Å². The van der Waals surface area contributed by atoms with Crippen LogP contribution in [0.3, 0.4) is 0 Å². The molecule has 0 spiro atoms. The highest BCUT2D eigenvalue weighted by Gasteiger charge is 2.47. The molecule has 0 N–H and O–H groups in total. The molecule has 0 aromatic heterocycles. The largest absolute Gasteiger partial charge is 0.374 e. The molecule has 2 nitrogen and oxygen atoms in total. The number of aliphatic imine (C=N–C) groups is 1. The molecule has 2 heterocycles. The second-order valence-electron chi connectivity index (χ2n) is 11.6. The molecule has 0 bridgehead atoms. The fourth-order valence-corrected chi connectivity index (χ4v) is 7.37. The predicted octanol–water partition coefficient (Wildman–Crippen LogP) is 9.22. The molecule has 2 atom stereocenters. The summed E-state index contributed by atoms with van der Waals surface area (Å²) in [7, 11) is 2.22. The van der Waals surface area contributed by atoms with E-state index < -0.39 is 0 Å². The summed E-state index contributed by atoms with van der Waals surface area (Å²) in [6.07, 6.45) is 5.49. The van der Waals surface area contributed by atoms with Crippen molar-refractivity contribution in [2.45, 2.75) is 69.9 Å². The molecule has 4 aromatic rings. The van der Waals surface area contributed by atoms with Gasteiger partial charge in [0, 0.05) is 30.5 Å². The zero-order valence-corrected chi connectivity index (χ0v) is 25.3. The molecule has 1 fully saturated rings. The van der Waals surface area contributed by atoms with E-state index in [0.29, 0.717) is 12.1 Å². The molecule has 1 saturated heterocycles. The van der Waals surface area contributed by atoms with Gasteiger partial charge in [0.2, 0.25) is 0 Å². The molecular weight excluding hydrogens is 496 g/mol. The number of rotatable bonds is 5. The van der Waals surface area contributed by atoms with Crippen molar-refractivity contribution in [1.29, 1.82) is 0 Å². The van der Waals surface area contributed by atoms with Crippen molar-refractivity contribution >= 4 is 5.71 Å². The smallest absolute Gasteiger partial charge is 0.0616 e. The Labute approximate surface area is 247 Å². The van der Waals surface area contributed by atoms with E-state index in [9.17, 15) is 0 Å². The summed E-state index contributed by atoms with van der Waals surface area (Å²) in [5.41, 5.74) is 8.20. The number of nitrogens with zero attached hydrogens (tertiary/aromatic N) is 2. The van der Waals surface area contributed by atoms with Gasteiger partial charge in [-0.3, -0.25) is 4.99 Å². The molecule has 0 radical (unpaired) electrons. The standard InChI is InChI=1S/C20H23N.C19H21N/c1-4-19-20(15-16(2)21(19)3,17-11-7-5-8-12-17)18-13-9-6-10-14-18;1-3-18-19(14-15(2)20-18,16-10-6-4-7-11-16)17-12-8-5-9-13-17/h4-14,16H,15H2,1-3H3;4-13,15H,3,14H2,1-2H3/b19-4-;. The highest BCUT2D eigenvalue weighted by Crippen LogP contribution is 2.50. The monoisotopic (exact) mass is 540 g/mol. The van der Waals surface area contributed by atoms with Crippen LogP contribution in [0.4, 0.5) is 0 Å². The summed E-state index contributed by atoms with van der Waals surface area (Å²) in [5, 5.41) is 0. The number of hydrogen-bond acceptors (Lipinski definition) is 2. The van der Waals surface area contributed by atoms with E-state index in [0.717, 1.165) is 19.3 Å². The lowest BCUT2D eigenvalue weighted by atomic mass is 9.68. The van der Waals surface area contributed by atoms with Crippen LogP contribution < -0.4 is 0 Å². The van der Waals surface area contributed by atoms with Crippen LogP contribution in [-0.2, 0) is 10.8 Å². The van der Waals surface area contributed by atoms with Crippen LogP contribution in [0.15, 0.2) is 138 Å². The maximum atomic E-state index is 4.93. The third kappa shape index (κ3) is 5.17. The Balaban J connectivity index is 0.000000165. The third-order valence-electron chi connectivity index (χ3n) is 9.23. The first-order valence-electron chi connectivity index (χ1n) is 15.2. The van der Waals surface area contributed by atoms with Crippen molar-refractivity contribution in [2.75, 3.05) is 7.05 Å². The van der Waals surface area contributed by atoms with Crippen molar-refractivity contribution < 1.29 is 0 Å². The van der Waals surface area contributed by atoms with E-state index >= 15 is 0 Å². The Kier molecular flexibility index (Phi) is 8.59. The number of hydrogen-bond donors (Lipinski definition) is 0. The van der Waals surface area contributed by atoms with Crippen LogP contribution in [0, 0.1) is 0 Å². The molecule has 0 amide bonds. The highest BCUT2D eigenvalue weighted by atomic mass is 15.2. The normalized spacial score (nSPS) is 21.7. The van der Waals surface area contributed by atoms with Gasteiger partial charge in [0.15, 0.2) is 0 Å². The number of allylic oxidation sites excluding steroid dienone is 2. The van der Waals surface area contributed by atoms with Gasteiger partial charge in [-0.25, -0.2) is 0 Å². The summed E-state index contributed by atoms with van der Waals surface area (Å²) in [6, 6.07) is 44.5. The van der Waals surface area contributed by atoms with Crippen LogP contribution in [0.25, 0.3) is 0 Å².